The Bertz CT molecular complexity index is 308. The fourth-order valence-corrected chi connectivity index (χ4v) is 3.22. The minimum Gasteiger partial charge on any atom is -0.481 e. The SMILES string of the molecule is CC(C)N1CCOC(CS(=O)C(C)CC(=O)O)C1. The summed E-state index contributed by atoms with van der Waals surface area (Å²) in [5.41, 5.74) is 0. The van der Waals surface area contributed by atoms with Gasteiger partial charge in [0.1, 0.15) is 0 Å². The molecule has 1 aliphatic rings. The quantitative estimate of drug-likeness (QED) is 0.774. The molecule has 6 heteroatoms. The number of ether oxygens (including phenoxy) is 1. The number of carbonyl (C=O) groups is 1. The Morgan fingerprint density at radius 2 is 2.17 bits per heavy atom. The number of carboxylic acids is 1. The van der Waals surface area contributed by atoms with E-state index in [4.69, 9.17) is 9.84 Å². The summed E-state index contributed by atoms with van der Waals surface area (Å²) in [7, 11) is -1.14. The van der Waals surface area contributed by atoms with Crippen molar-refractivity contribution in [3.63, 3.8) is 0 Å². The fraction of sp³-hybridized carbons (Fsp3) is 0.917. The van der Waals surface area contributed by atoms with Crippen molar-refractivity contribution in [2.24, 2.45) is 0 Å². The van der Waals surface area contributed by atoms with Gasteiger partial charge in [0, 0.05) is 35.2 Å². The van der Waals surface area contributed by atoms with Gasteiger partial charge >= 0.3 is 5.97 Å². The Labute approximate surface area is 111 Å². The van der Waals surface area contributed by atoms with Crippen LogP contribution in [0, 0.1) is 0 Å². The van der Waals surface area contributed by atoms with E-state index >= 15 is 0 Å². The molecular formula is C12H23NO4S. The Morgan fingerprint density at radius 3 is 2.72 bits per heavy atom. The van der Waals surface area contributed by atoms with E-state index in [1.54, 1.807) is 6.92 Å². The summed E-state index contributed by atoms with van der Waals surface area (Å²) in [5.74, 6) is -0.471. The van der Waals surface area contributed by atoms with E-state index in [9.17, 15) is 9.00 Å². The second kappa shape index (κ2) is 7.21. The molecule has 0 spiro atoms. The summed E-state index contributed by atoms with van der Waals surface area (Å²) in [5, 5.41) is 8.36. The predicted octanol–water partition coefficient (Wildman–Crippen LogP) is 0.708. The minimum atomic E-state index is -1.14. The highest BCUT2D eigenvalue weighted by atomic mass is 32.2. The zero-order valence-electron chi connectivity index (χ0n) is 11.3. The van der Waals surface area contributed by atoms with Crippen LogP contribution in [0.4, 0.5) is 0 Å². The van der Waals surface area contributed by atoms with Crippen LogP contribution in [-0.2, 0) is 20.3 Å². The van der Waals surface area contributed by atoms with Crippen LogP contribution in [0.2, 0.25) is 0 Å². The Balaban J connectivity index is 2.41. The maximum absolute atomic E-state index is 12.0. The topological polar surface area (TPSA) is 66.8 Å². The first-order valence-corrected chi connectivity index (χ1v) is 7.73. The van der Waals surface area contributed by atoms with Crippen molar-refractivity contribution in [2.75, 3.05) is 25.4 Å². The van der Waals surface area contributed by atoms with Gasteiger partial charge in [0.2, 0.25) is 0 Å². The largest absolute Gasteiger partial charge is 0.481 e. The summed E-state index contributed by atoms with van der Waals surface area (Å²) in [6, 6.07) is 0.460. The van der Waals surface area contributed by atoms with Crippen molar-refractivity contribution in [3.05, 3.63) is 0 Å². The molecular weight excluding hydrogens is 254 g/mol. The Hall–Kier alpha value is -0.460. The lowest BCUT2D eigenvalue weighted by molar-refractivity contribution is -0.136. The average Bonchev–Trinajstić information content (AvgIpc) is 2.28. The predicted molar refractivity (Wildman–Crippen MR) is 71.2 cm³/mol. The van der Waals surface area contributed by atoms with Gasteiger partial charge in [-0.2, -0.15) is 0 Å². The highest BCUT2D eigenvalue weighted by molar-refractivity contribution is 7.85. The molecule has 0 radical (unpaired) electrons. The maximum Gasteiger partial charge on any atom is 0.304 e. The number of carboxylic acid groups (broad SMARTS) is 1. The van der Waals surface area contributed by atoms with E-state index in [0.29, 0.717) is 18.4 Å². The number of aliphatic carboxylic acids is 1. The number of hydrogen-bond acceptors (Lipinski definition) is 4. The van der Waals surface area contributed by atoms with Crippen LogP contribution in [0.3, 0.4) is 0 Å². The van der Waals surface area contributed by atoms with Crippen molar-refractivity contribution in [1.29, 1.82) is 0 Å². The summed E-state index contributed by atoms with van der Waals surface area (Å²) >= 11 is 0. The first kappa shape index (κ1) is 15.6. The third-order valence-electron chi connectivity index (χ3n) is 3.16. The molecule has 1 aliphatic heterocycles. The Morgan fingerprint density at radius 1 is 1.50 bits per heavy atom. The lowest BCUT2D eigenvalue weighted by Gasteiger charge is -2.35. The number of hydrogen-bond donors (Lipinski definition) is 1. The highest BCUT2D eigenvalue weighted by Gasteiger charge is 2.26. The van der Waals surface area contributed by atoms with E-state index in [0.717, 1.165) is 13.1 Å². The molecule has 0 bridgehead atoms. The number of morpholine rings is 1. The summed E-state index contributed by atoms with van der Waals surface area (Å²) in [4.78, 5) is 12.9. The van der Waals surface area contributed by atoms with E-state index < -0.39 is 16.8 Å². The van der Waals surface area contributed by atoms with Crippen LogP contribution in [0.15, 0.2) is 0 Å². The zero-order valence-corrected chi connectivity index (χ0v) is 12.1. The summed E-state index contributed by atoms with van der Waals surface area (Å²) in [6.45, 7) is 8.33. The molecule has 0 saturated carbocycles. The van der Waals surface area contributed by atoms with E-state index in [1.165, 1.54) is 0 Å². The molecule has 0 aromatic heterocycles. The Kier molecular flexibility index (Phi) is 6.25. The number of rotatable bonds is 6. The van der Waals surface area contributed by atoms with Gasteiger partial charge in [-0.3, -0.25) is 13.9 Å². The fourth-order valence-electron chi connectivity index (χ4n) is 2.00. The zero-order chi connectivity index (χ0) is 13.7. The summed E-state index contributed by atoms with van der Waals surface area (Å²) < 4.78 is 17.6. The molecule has 3 atom stereocenters. The minimum absolute atomic E-state index is 0.0433. The molecule has 3 unspecified atom stereocenters. The van der Waals surface area contributed by atoms with Crippen molar-refractivity contribution in [2.45, 2.75) is 44.6 Å². The molecule has 1 saturated heterocycles. The second-order valence-electron chi connectivity index (χ2n) is 5.04. The first-order chi connectivity index (χ1) is 8.40. The van der Waals surface area contributed by atoms with Crippen molar-refractivity contribution >= 4 is 16.8 Å². The first-order valence-electron chi connectivity index (χ1n) is 6.34. The molecule has 1 heterocycles. The molecule has 0 aromatic carbocycles. The van der Waals surface area contributed by atoms with Gasteiger partial charge < -0.3 is 9.84 Å². The van der Waals surface area contributed by atoms with E-state index in [2.05, 4.69) is 18.7 Å². The molecule has 1 N–H and O–H groups in total. The van der Waals surface area contributed by atoms with Crippen LogP contribution < -0.4 is 0 Å². The third-order valence-corrected chi connectivity index (χ3v) is 4.93. The van der Waals surface area contributed by atoms with E-state index in [-0.39, 0.29) is 17.8 Å². The molecule has 0 aromatic rings. The lowest BCUT2D eigenvalue weighted by atomic mass is 10.2. The molecule has 1 rings (SSSR count). The van der Waals surface area contributed by atoms with Gasteiger partial charge in [-0.1, -0.05) is 6.92 Å². The van der Waals surface area contributed by atoms with E-state index in [1.807, 2.05) is 0 Å². The van der Waals surface area contributed by atoms with Gasteiger partial charge in [0.05, 0.1) is 24.9 Å². The normalized spacial score (nSPS) is 25.0. The second-order valence-corrected chi connectivity index (χ2v) is 6.94. The lowest BCUT2D eigenvalue weighted by Crippen LogP contribution is -2.48. The molecule has 18 heavy (non-hydrogen) atoms. The van der Waals surface area contributed by atoms with Crippen LogP contribution in [0.25, 0.3) is 0 Å². The standard InChI is InChI=1S/C12H23NO4S/c1-9(2)13-4-5-17-11(7-13)8-18(16)10(3)6-12(14)15/h9-11H,4-8H2,1-3H3,(H,14,15). The molecule has 0 amide bonds. The molecule has 0 aliphatic carbocycles. The maximum atomic E-state index is 12.0. The van der Waals surface area contributed by atoms with Crippen molar-refractivity contribution < 1.29 is 18.8 Å². The van der Waals surface area contributed by atoms with Gasteiger partial charge in [-0.15, -0.1) is 0 Å². The molecule has 5 nitrogen and oxygen atoms in total. The van der Waals surface area contributed by atoms with Crippen molar-refractivity contribution in [3.8, 4) is 0 Å². The monoisotopic (exact) mass is 277 g/mol. The van der Waals surface area contributed by atoms with Gasteiger partial charge in [-0.05, 0) is 13.8 Å². The van der Waals surface area contributed by atoms with Crippen LogP contribution in [0.1, 0.15) is 27.2 Å². The highest BCUT2D eigenvalue weighted by Crippen LogP contribution is 2.12. The molecule has 1 fully saturated rings. The van der Waals surface area contributed by atoms with Gasteiger partial charge in [0.25, 0.3) is 0 Å². The van der Waals surface area contributed by atoms with Crippen molar-refractivity contribution in [1.82, 2.24) is 4.90 Å². The number of nitrogens with zero attached hydrogens (tertiary/aromatic N) is 1. The van der Waals surface area contributed by atoms with Crippen LogP contribution in [0.5, 0.6) is 0 Å². The van der Waals surface area contributed by atoms with Crippen LogP contribution in [-0.4, -0.2) is 63.0 Å². The summed E-state index contributed by atoms with van der Waals surface area (Å²) in [6.07, 6.45) is -0.0917. The third kappa shape index (κ3) is 5.04. The van der Waals surface area contributed by atoms with Crippen LogP contribution >= 0.6 is 0 Å². The van der Waals surface area contributed by atoms with Gasteiger partial charge in [-0.25, -0.2) is 0 Å². The average molecular weight is 277 g/mol. The molecule has 106 valence electrons. The smallest absolute Gasteiger partial charge is 0.304 e. The van der Waals surface area contributed by atoms with Gasteiger partial charge in [0.15, 0.2) is 0 Å².